The fraction of sp³-hybridized carbons (Fsp3) is 0.364. The second-order valence-electron chi connectivity index (χ2n) is 7.51. The summed E-state index contributed by atoms with van der Waals surface area (Å²) in [5.74, 6) is 0.125. The van der Waals surface area contributed by atoms with E-state index in [1.807, 2.05) is 0 Å². The molecule has 0 radical (unpaired) electrons. The van der Waals surface area contributed by atoms with Gasteiger partial charge in [-0.15, -0.1) is 0 Å². The van der Waals surface area contributed by atoms with E-state index in [9.17, 15) is 18.0 Å². The molecule has 1 amide bonds. The van der Waals surface area contributed by atoms with E-state index in [-0.39, 0.29) is 22.1 Å². The lowest BCUT2D eigenvalue weighted by Gasteiger charge is -2.30. The number of nitrogens with one attached hydrogen (secondary N) is 1. The summed E-state index contributed by atoms with van der Waals surface area (Å²) < 4.78 is 38.2. The van der Waals surface area contributed by atoms with E-state index in [1.165, 1.54) is 56.7 Å². The number of sulfonamides is 1. The number of benzene rings is 2. The SMILES string of the molecule is COC(=O)c1ccc(NS(=O)(=O)c2ccc(OC)c(C(=O)N3CCC(C)CC3)c2)cc1. The summed E-state index contributed by atoms with van der Waals surface area (Å²) in [6, 6.07) is 10.1. The van der Waals surface area contributed by atoms with Gasteiger partial charge in [0, 0.05) is 18.8 Å². The smallest absolute Gasteiger partial charge is 0.337 e. The Bertz CT molecular complexity index is 1060. The number of anilines is 1. The molecule has 9 heteroatoms. The van der Waals surface area contributed by atoms with E-state index in [0.29, 0.717) is 30.3 Å². The zero-order chi connectivity index (χ0) is 22.6. The summed E-state index contributed by atoms with van der Waals surface area (Å²) in [7, 11) is -1.25. The zero-order valence-corrected chi connectivity index (χ0v) is 18.6. The fourth-order valence-corrected chi connectivity index (χ4v) is 4.49. The van der Waals surface area contributed by atoms with Gasteiger partial charge in [-0.25, -0.2) is 13.2 Å². The zero-order valence-electron chi connectivity index (χ0n) is 17.8. The minimum Gasteiger partial charge on any atom is -0.496 e. The van der Waals surface area contributed by atoms with Crippen molar-refractivity contribution in [2.45, 2.75) is 24.7 Å². The van der Waals surface area contributed by atoms with Gasteiger partial charge >= 0.3 is 5.97 Å². The molecule has 2 aromatic carbocycles. The predicted molar refractivity (Wildman–Crippen MR) is 116 cm³/mol. The molecule has 0 aliphatic carbocycles. The summed E-state index contributed by atoms with van der Waals surface area (Å²) in [4.78, 5) is 26.2. The lowest BCUT2D eigenvalue weighted by atomic mass is 9.98. The Balaban J connectivity index is 1.85. The molecule has 0 spiro atoms. The van der Waals surface area contributed by atoms with Gasteiger partial charge in [-0.3, -0.25) is 9.52 Å². The van der Waals surface area contributed by atoms with Crippen LogP contribution in [0.2, 0.25) is 0 Å². The van der Waals surface area contributed by atoms with E-state index in [4.69, 9.17) is 4.74 Å². The number of esters is 1. The first-order valence-electron chi connectivity index (χ1n) is 9.93. The van der Waals surface area contributed by atoms with Gasteiger partial charge in [-0.05, 0) is 61.2 Å². The maximum atomic E-state index is 13.0. The molecule has 1 fully saturated rings. The maximum Gasteiger partial charge on any atom is 0.337 e. The highest BCUT2D eigenvalue weighted by Gasteiger charge is 2.26. The lowest BCUT2D eigenvalue weighted by Crippen LogP contribution is -2.38. The molecule has 0 aromatic heterocycles. The van der Waals surface area contributed by atoms with E-state index < -0.39 is 16.0 Å². The van der Waals surface area contributed by atoms with Crippen LogP contribution in [0.25, 0.3) is 0 Å². The molecule has 31 heavy (non-hydrogen) atoms. The Morgan fingerprint density at radius 1 is 1.03 bits per heavy atom. The number of nitrogens with zero attached hydrogens (tertiary/aromatic N) is 1. The first kappa shape index (κ1) is 22.6. The molecule has 0 atom stereocenters. The van der Waals surface area contributed by atoms with Gasteiger partial charge in [0.2, 0.25) is 0 Å². The number of piperidine rings is 1. The van der Waals surface area contributed by atoms with Gasteiger partial charge in [-0.1, -0.05) is 6.92 Å². The van der Waals surface area contributed by atoms with Crippen molar-refractivity contribution < 1.29 is 27.5 Å². The largest absolute Gasteiger partial charge is 0.496 e. The molecule has 0 unspecified atom stereocenters. The van der Waals surface area contributed by atoms with Crippen molar-refractivity contribution in [3.05, 3.63) is 53.6 Å². The van der Waals surface area contributed by atoms with E-state index in [0.717, 1.165) is 12.8 Å². The number of likely N-dealkylation sites (tertiary alicyclic amines) is 1. The Morgan fingerprint density at radius 3 is 2.26 bits per heavy atom. The first-order valence-corrected chi connectivity index (χ1v) is 11.4. The molecule has 3 rings (SSSR count). The van der Waals surface area contributed by atoms with Crippen LogP contribution in [0.15, 0.2) is 47.4 Å². The minimum atomic E-state index is -3.96. The number of methoxy groups -OCH3 is 2. The van der Waals surface area contributed by atoms with Crippen molar-refractivity contribution in [3.8, 4) is 5.75 Å². The molecule has 2 aromatic rings. The number of carbonyl (C=O) groups excluding carboxylic acids is 2. The molecule has 1 saturated heterocycles. The Morgan fingerprint density at radius 2 is 1.68 bits per heavy atom. The lowest BCUT2D eigenvalue weighted by molar-refractivity contribution is 0.0600. The van der Waals surface area contributed by atoms with E-state index in [2.05, 4.69) is 16.4 Å². The van der Waals surface area contributed by atoms with Gasteiger partial charge in [0.05, 0.1) is 30.2 Å². The van der Waals surface area contributed by atoms with Crippen LogP contribution in [-0.4, -0.2) is 52.5 Å². The maximum absolute atomic E-state index is 13.0. The molecule has 0 saturated carbocycles. The second-order valence-corrected chi connectivity index (χ2v) is 9.19. The van der Waals surface area contributed by atoms with Crippen molar-refractivity contribution in [3.63, 3.8) is 0 Å². The standard InChI is InChI=1S/C22H26N2O6S/c1-15-10-12-24(13-11-15)21(25)19-14-18(8-9-20(19)29-2)31(27,28)23-17-6-4-16(5-7-17)22(26)30-3/h4-9,14-15,23H,10-13H2,1-3H3. The van der Waals surface area contributed by atoms with Gasteiger partial charge in [-0.2, -0.15) is 0 Å². The van der Waals surface area contributed by atoms with Crippen LogP contribution in [0, 0.1) is 5.92 Å². The third-order valence-corrected chi connectivity index (χ3v) is 6.72. The average Bonchev–Trinajstić information content (AvgIpc) is 2.78. The molecule has 1 aliphatic rings. The highest BCUT2D eigenvalue weighted by Crippen LogP contribution is 2.27. The van der Waals surface area contributed by atoms with Crippen LogP contribution in [-0.2, 0) is 14.8 Å². The van der Waals surface area contributed by atoms with Crippen LogP contribution >= 0.6 is 0 Å². The van der Waals surface area contributed by atoms with Crippen molar-refractivity contribution in [1.82, 2.24) is 4.90 Å². The van der Waals surface area contributed by atoms with Crippen LogP contribution in [0.1, 0.15) is 40.5 Å². The summed E-state index contributed by atoms with van der Waals surface area (Å²) >= 11 is 0. The molecule has 1 heterocycles. The molecular formula is C22H26N2O6S. The van der Waals surface area contributed by atoms with Crippen molar-refractivity contribution in [2.24, 2.45) is 5.92 Å². The Labute approximate surface area is 182 Å². The molecule has 8 nitrogen and oxygen atoms in total. The Hall–Kier alpha value is -3.07. The van der Waals surface area contributed by atoms with Crippen molar-refractivity contribution >= 4 is 27.6 Å². The minimum absolute atomic E-state index is 0.0564. The average molecular weight is 447 g/mol. The second kappa shape index (κ2) is 9.38. The van der Waals surface area contributed by atoms with Gasteiger partial charge in [0.15, 0.2) is 0 Å². The highest BCUT2D eigenvalue weighted by molar-refractivity contribution is 7.92. The molecule has 1 aliphatic heterocycles. The topological polar surface area (TPSA) is 102 Å². The third-order valence-electron chi connectivity index (χ3n) is 5.34. The quantitative estimate of drug-likeness (QED) is 0.684. The predicted octanol–water partition coefficient (Wildman–Crippen LogP) is 3.15. The summed E-state index contributed by atoms with van der Waals surface area (Å²) in [6.45, 7) is 3.41. The molecule has 166 valence electrons. The molecule has 0 bridgehead atoms. The number of hydrogen-bond donors (Lipinski definition) is 1. The highest BCUT2D eigenvalue weighted by atomic mass is 32.2. The third kappa shape index (κ3) is 5.16. The van der Waals surface area contributed by atoms with Crippen molar-refractivity contribution in [2.75, 3.05) is 32.0 Å². The normalized spacial score (nSPS) is 14.7. The number of rotatable bonds is 6. The van der Waals surface area contributed by atoms with Crippen LogP contribution in [0.3, 0.4) is 0 Å². The van der Waals surface area contributed by atoms with Gasteiger partial charge < -0.3 is 14.4 Å². The monoisotopic (exact) mass is 446 g/mol. The van der Waals surface area contributed by atoms with Crippen LogP contribution < -0.4 is 9.46 Å². The molecule has 1 N–H and O–H groups in total. The van der Waals surface area contributed by atoms with E-state index >= 15 is 0 Å². The fourth-order valence-electron chi connectivity index (χ4n) is 3.41. The van der Waals surface area contributed by atoms with Crippen LogP contribution in [0.5, 0.6) is 5.75 Å². The number of ether oxygens (including phenoxy) is 2. The number of amides is 1. The molecular weight excluding hydrogens is 420 g/mol. The summed E-state index contributed by atoms with van der Waals surface area (Å²) in [5, 5.41) is 0. The van der Waals surface area contributed by atoms with Gasteiger partial charge in [0.1, 0.15) is 5.75 Å². The summed E-state index contributed by atoms with van der Waals surface area (Å²) in [6.07, 6.45) is 1.82. The Kier molecular flexibility index (Phi) is 6.84. The number of hydrogen-bond acceptors (Lipinski definition) is 6. The van der Waals surface area contributed by atoms with E-state index in [1.54, 1.807) is 4.90 Å². The van der Waals surface area contributed by atoms with Crippen LogP contribution in [0.4, 0.5) is 5.69 Å². The number of carbonyl (C=O) groups is 2. The van der Waals surface area contributed by atoms with Gasteiger partial charge in [0.25, 0.3) is 15.9 Å². The summed E-state index contributed by atoms with van der Waals surface area (Å²) in [5.41, 5.74) is 0.793. The van der Waals surface area contributed by atoms with Crippen molar-refractivity contribution in [1.29, 1.82) is 0 Å². The first-order chi connectivity index (χ1) is 14.7.